The van der Waals surface area contributed by atoms with Crippen LogP contribution in [0.25, 0.3) is 0 Å². The molecule has 14 heavy (non-hydrogen) atoms. The first-order chi connectivity index (χ1) is 6.83. The Morgan fingerprint density at radius 1 is 1.07 bits per heavy atom. The lowest BCUT2D eigenvalue weighted by Crippen LogP contribution is -2.46. The quantitative estimate of drug-likeness (QED) is 0.534. The molecule has 3 saturated carbocycles. The van der Waals surface area contributed by atoms with Crippen LogP contribution >= 0.6 is 0 Å². The van der Waals surface area contributed by atoms with Crippen LogP contribution in [-0.4, -0.2) is 5.78 Å². The van der Waals surface area contributed by atoms with Crippen LogP contribution in [-0.2, 0) is 4.79 Å². The van der Waals surface area contributed by atoms with E-state index < -0.39 is 0 Å². The van der Waals surface area contributed by atoms with Crippen LogP contribution in [0, 0.1) is 29.1 Å². The van der Waals surface area contributed by atoms with E-state index in [9.17, 15) is 4.79 Å². The van der Waals surface area contributed by atoms with Crippen molar-refractivity contribution in [3.63, 3.8) is 0 Å². The molecule has 4 unspecified atom stereocenters. The Hall–Kier alpha value is -0.590. The summed E-state index contributed by atoms with van der Waals surface area (Å²) in [4.78, 5) is 12.1. The summed E-state index contributed by atoms with van der Waals surface area (Å²) in [5, 5.41) is 0. The van der Waals surface area contributed by atoms with Gasteiger partial charge in [0, 0.05) is 11.8 Å². The molecule has 1 spiro atoms. The third-order valence-corrected chi connectivity index (χ3v) is 5.31. The first kappa shape index (κ1) is 7.67. The van der Waals surface area contributed by atoms with Crippen molar-refractivity contribution in [3.8, 4) is 0 Å². The molecular weight excluding hydrogens is 172 g/mol. The highest BCUT2D eigenvalue weighted by molar-refractivity contribution is 5.87. The zero-order valence-corrected chi connectivity index (χ0v) is 8.41. The number of rotatable bonds is 0. The Balaban J connectivity index is 1.86. The molecule has 0 aliphatic heterocycles. The second-order valence-electron chi connectivity index (χ2n) is 5.72. The van der Waals surface area contributed by atoms with Crippen molar-refractivity contribution < 1.29 is 4.79 Å². The van der Waals surface area contributed by atoms with E-state index in [1.54, 1.807) is 0 Å². The van der Waals surface area contributed by atoms with Gasteiger partial charge in [0.25, 0.3) is 0 Å². The van der Waals surface area contributed by atoms with Crippen molar-refractivity contribution in [1.82, 2.24) is 0 Å². The molecule has 0 aromatic carbocycles. The zero-order valence-electron chi connectivity index (χ0n) is 8.41. The highest BCUT2D eigenvalue weighted by Crippen LogP contribution is 2.70. The summed E-state index contributed by atoms with van der Waals surface area (Å²) in [5.74, 6) is 2.76. The maximum Gasteiger partial charge on any atom is 0.140 e. The molecule has 3 fully saturated rings. The SMILES string of the molecule is O=C1C2CCCC1C1C=CC2C12CC2. The van der Waals surface area contributed by atoms with Crippen molar-refractivity contribution in [1.29, 1.82) is 0 Å². The number of Topliss-reactive ketones (excluding diaryl/α,β-unsaturated/α-hetero) is 1. The van der Waals surface area contributed by atoms with E-state index in [1.165, 1.54) is 32.1 Å². The molecule has 4 aliphatic rings. The number of carbonyl (C=O) groups is 1. The largest absolute Gasteiger partial charge is 0.299 e. The highest BCUT2D eigenvalue weighted by Gasteiger charge is 2.65. The second-order valence-corrected chi connectivity index (χ2v) is 5.72. The Kier molecular flexibility index (Phi) is 1.18. The van der Waals surface area contributed by atoms with Gasteiger partial charge in [-0.2, -0.15) is 0 Å². The molecule has 0 amide bonds. The Morgan fingerprint density at radius 3 is 2.14 bits per heavy atom. The third kappa shape index (κ3) is 0.656. The molecule has 0 N–H and O–H groups in total. The average molecular weight is 188 g/mol. The minimum atomic E-state index is 0.422. The standard InChI is InChI=1S/C13H16O/c14-12-8-2-1-3-9(12)11-5-4-10(8)13(11)6-7-13/h4-5,8-11H,1-3,6-7H2. The van der Waals surface area contributed by atoms with Gasteiger partial charge in [-0.05, 0) is 42.9 Å². The number of carbonyl (C=O) groups excluding carboxylic acids is 1. The van der Waals surface area contributed by atoms with Gasteiger partial charge in [-0.1, -0.05) is 18.6 Å². The van der Waals surface area contributed by atoms with Gasteiger partial charge in [0.15, 0.2) is 0 Å². The van der Waals surface area contributed by atoms with Crippen molar-refractivity contribution >= 4 is 5.78 Å². The third-order valence-electron chi connectivity index (χ3n) is 5.31. The fraction of sp³-hybridized carbons (Fsp3) is 0.769. The zero-order chi connectivity index (χ0) is 9.34. The first-order valence-corrected chi connectivity index (χ1v) is 6.05. The smallest absolute Gasteiger partial charge is 0.140 e. The predicted octanol–water partition coefficient (Wildman–Crippen LogP) is 2.57. The van der Waals surface area contributed by atoms with E-state index in [4.69, 9.17) is 0 Å². The Bertz CT molecular complexity index is 311. The van der Waals surface area contributed by atoms with E-state index in [1.807, 2.05) is 0 Å². The Morgan fingerprint density at radius 2 is 1.64 bits per heavy atom. The van der Waals surface area contributed by atoms with Crippen molar-refractivity contribution in [3.05, 3.63) is 12.2 Å². The average Bonchev–Trinajstić information content (AvgIpc) is 2.84. The van der Waals surface area contributed by atoms with E-state index in [0.29, 0.717) is 34.9 Å². The van der Waals surface area contributed by atoms with E-state index >= 15 is 0 Å². The van der Waals surface area contributed by atoms with Gasteiger partial charge in [0.05, 0.1) is 0 Å². The predicted molar refractivity (Wildman–Crippen MR) is 53.6 cm³/mol. The molecule has 4 rings (SSSR count). The van der Waals surface area contributed by atoms with Crippen molar-refractivity contribution in [2.45, 2.75) is 32.1 Å². The van der Waals surface area contributed by atoms with Gasteiger partial charge >= 0.3 is 0 Å². The van der Waals surface area contributed by atoms with Crippen LogP contribution in [0.2, 0.25) is 0 Å². The van der Waals surface area contributed by atoms with Crippen LogP contribution in [0.15, 0.2) is 12.2 Å². The minimum absolute atomic E-state index is 0.422. The fourth-order valence-electron chi connectivity index (χ4n) is 4.56. The summed E-state index contributed by atoms with van der Waals surface area (Å²) in [6, 6.07) is 0. The molecule has 1 heteroatoms. The monoisotopic (exact) mass is 188 g/mol. The number of ketones is 1. The summed E-state index contributed by atoms with van der Waals surface area (Å²) in [7, 11) is 0. The molecule has 4 bridgehead atoms. The topological polar surface area (TPSA) is 17.1 Å². The van der Waals surface area contributed by atoms with E-state index in [0.717, 1.165) is 0 Å². The molecule has 0 saturated heterocycles. The van der Waals surface area contributed by atoms with Crippen LogP contribution < -0.4 is 0 Å². The van der Waals surface area contributed by atoms with Gasteiger partial charge in [-0.15, -0.1) is 0 Å². The van der Waals surface area contributed by atoms with E-state index in [2.05, 4.69) is 12.2 Å². The Labute approximate surface area is 84.6 Å². The summed E-state index contributed by atoms with van der Waals surface area (Å²) >= 11 is 0. The molecule has 0 heterocycles. The summed E-state index contributed by atoms with van der Waals surface area (Å²) in [5.41, 5.74) is 0.601. The molecule has 0 aromatic heterocycles. The maximum absolute atomic E-state index is 12.1. The second kappa shape index (κ2) is 2.15. The van der Waals surface area contributed by atoms with Gasteiger partial charge in [0.2, 0.25) is 0 Å². The summed E-state index contributed by atoms with van der Waals surface area (Å²) < 4.78 is 0. The number of fused-ring (bicyclic) bond motifs is 4. The maximum atomic E-state index is 12.1. The van der Waals surface area contributed by atoms with Crippen LogP contribution in [0.5, 0.6) is 0 Å². The number of allylic oxidation sites excluding steroid dienone is 2. The van der Waals surface area contributed by atoms with Gasteiger partial charge in [-0.3, -0.25) is 4.79 Å². The number of hydrogen-bond donors (Lipinski definition) is 0. The molecule has 74 valence electrons. The van der Waals surface area contributed by atoms with E-state index in [-0.39, 0.29) is 0 Å². The number of hydrogen-bond acceptors (Lipinski definition) is 1. The minimum Gasteiger partial charge on any atom is -0.299 e. The van der Waals surface area contributed by atoms with Crippen LogP contribution in [0.1, 0.15) is 32.1 Å². The van der Waals surface area contributed by atoms with Crippen LogP contribution in [0.3, 0.4) is 0 Å². The van der Waals surface area contributed by atoms with Gasteiger partial charge < -0.3 is 0 Å². The molecule has 1 nitrogen and oxygen atoms in total. The van der Waals surface area contributed by atoms with Crippen LogP contribution in [0.4, 0.5) is 0 Å². The van der Waals surface area contributed by atoms with Gasteiger partial charge in [0.1, 0.15) is 5.78 Å². The molecular formula is C13H16O. The highest BCUT2D eigenvalue weighted by atomic mass is 16.1. The van der Waals surface area contributed by atoms with Gasteiger partial charge in [-0.25, -0.2) is 0 Å². The molecule has 4 atom stereocenters. The normalized spacial score (nSPS) is 51.3. The molecule has 0 radical (unpaired) electrons. The molecule has 4 aliphatic carbocycles. The summed E-state index contributed by atoms with van der Waals surface area (Å²) in [6.45, 7) is 0. The van der Waals surface area contributed by atoms with Crippen molar-refractivity contribution in [2.24, 2.45) is 29.1 Å². The lowest BCUT2D eigenvalue weighted by Gasteiger charge is -2.44. The summed E-state index contributed by atoms with van der Waals surface area (Å²) in [6.07, 6.45) is 11.2. The lowest BCUT2D eigenvalue weighted by atomic mass is 9.58. The fourth-order valence-corrected chi connectivity index (χ4v) is 4.56. The van der Waals surface area contributed by atoms with Crippen molar-refractivity contribution in [2.75, 3.05) is 0 Å². The lowest BCUT2D eigenvalue weighted by molar-refractivity contribution is -0.138. The first-order valence-electron chi connectivity index (χ1n) is 6.05. The molecule has 0 aromatic rings.